The number of pyridine rings is 1. The first-order valence-corrected chi connectivity index (χ1v) is 7.06. The van der Waals surface area contributed by atoms with E-state index < -0.39 is 0 Å². The highest BCUT2D eigenvalue weighted by molar-refractivity contribution is 5.89. The minimum Gasteiger partial charge on any atom is -0.388 e. The Hall–Kier alpha value is -2.13. The molecule has 3 aromatic rings. The predicted octanol–water partition coefficient (Wildman–Crippen LogP) is 3.40. The second-order valence-corrected chi connectivity index (χ2v) is 5.37. The number of rotatable bonds is 1. The lowest BCUT2D eigenvalue weighted by Gasteiger charge is -2.20. The zero-order chi connectivity index (χ0) is 13.5. The van der Waals surface area contributed by atoms with E-state index >= 15 is 0 Å². The molecule has 0 aliphatic heterocycles. The smallest absolute Gasteiger partial charge is 0.0807 e. The third-order valence-corrected chi connectivity index (χ3v) is 4.19. The van der Waals surface area contributed by atoms with Gasteiger partial charge in [-0.15, -0.1) is 0 Å². The molecule has 3 heteroatoms. The van der Waals surface area contributed by atoms with E-state index in [1.165, 1.54) is 16.8 Å². The van der Waals surface area contributed by atoms with Crippen LogP contribution in [-0.2, 0) is 6.42 Å². The van der Waals surface area contributed by atoms with Gasteiger partial charge in [-0.2, -0.15) is 0 Å². The highest BCUT2D eigenvalue weighted by Crippen LogP contribution is 2.33. The fourth-order valence-corrected chi connectivity index (χ4v) is 3.21. The number of aliphatic hydroxyl groups is 1. The molecule has 0 bridgehead atoms. The molecule has 4 rings (SSSR count). The van der Waals surface area contributed by atoms with Gasteiger partial charge in [0.1, 0.15) is 0 Å². The summed E-state index contributed by atoms with van der Waals surface area (Å²) in [7, 11) is 0. The number of aliphatic hydroxyl groups excluding tert-OH is 1. The van der Waals surface area contributed by atoms with Crippen LogP contribution < -0.4 is 0 Å². The Balaban J connectivity index is 1.96. The van der Waals surface area contributed by atoms with Gasteiger partial charge in [-0.05, 0) is 37.5 Å². The molecule has 2 aromatic heterocycles. The van der Waals surface area contributed by atoms with Crippen molar-refractivity contribution >= 4 is 10.8 Å². The highest BCUT2D eigenvalue weighted by atomic mass is 16.3. The molecule has 1 N–H and O–H groups in total. The standard InChI is InChI=1S/C17H16N2O/c20-17-6-2-5-16-14(17)8-10-19(16)15-4-1-3-12-11-18-9-7-13(12)15/h1,3-4,7-11,17,20H,2,5-6H2. The second kappa shape index (κ2) is 4.46. The summed E-state index contributed by atoms with van der Waals surface area (Å²) >= 11 is 0. The van der Waals surface area contributed by atoms with Crippen LogP contribution in [0.2, 0.25) is 0 Å². The van der Waals surface area contributed by atoms with Gasteiger partial charge in [-0.3, -0.25) is 4.98 Å². The van der Waals surface area contributed by atoms with Crippen LogP contribution >= 0.6 is 0 Å². The van der Waals surface area contributed by atoms with Crippen molar-refractivity contribution in [3.05, 3.63) is 60.2 Å². The maximum Gasteiger partial charge on any atom is 0.0807 e. The third kappa shape index (κ3) is 1.67. The van der Waals surface area contributed by atoms with E-state index in [2.05, 4.69) is 46.1 Å². The largest absolute Gasteiger partial charge is 0.388 e. The van der Waals surface area contributed by atoms with E-state index in [-0.39, 0.29) is 6.10 Å². The summed E-state index contributed by atoms with van der Waals surface area (Å²) in [5.74, 6) is 0. The van der Waals surface area contributed by atoms with Gasteiger partial charge in [-0.25, -0.2) is 0 Å². The summed E-state index contributed by atoms with van der Waals surface area (Å²) < 4.78 is 2.22. The SMILES string of the molecule is OC1CCCc2c1ccn2-c1cccc2cnccc12. The van der Waals surface area contributed by atoms with Gasteiger partial charge in [0.05, 0.1) is 11.8 Å². The number of nitrogens with zero attached hydrogens (tertiary/aromatic N) is 2. The van der Waals surface area contributed by atoms with Crippen LogP contribution in [0.1, 0.15) is 30.2 Å². The summed E-state index contributed by atoms with van der Waals surface area (Å²) in [6, 6.07) is 10.4. The number of benzene rings is 1. The molecule has 100 valence electrons. The lowest BCUT2D eigenvalue weighted by molar-refractivity contribution is 0.156. The van der Waals surface area contributed by atoms with Gasteiger partial charge in [-0.1, -0.05) is 12.1 Å². The van der Waals surface area contributed by atoms with Gasteiger partial charge in [0, 0.05) is 40.6 Å². The maximum atomic E-state index is 10.1. The van der Waals surface area contributed by atoms with E-state index in [1.807, 2.05) is 12.4 Å². The van der Waals surface area contributed by atoms with E-state index in [0.717, 1.165) is 30.2 Å². The predicted molar refractivity (Wildman–Crippen MR) is 79.0 cm³/mol. The van der Waals surface area contributed by atoms with Crippen molar-refractivity contribution in [3.63, 3.8) is 0 Å². The van der Waals surface area contributed by atoms with Gasteiger partial charge in [0.2, 0.25) is 0 Å². The molecular formula is C17H16N2O. The van der Waals surface area contributed by atoms with Crippen molar-refractivity contribution in [1.29, 1.82) is 0 Å². The zero-order valence-corrected chi connectivity index (χ0v) is 11.2. The average Bonchev–Trinajstić information content (AvgIpc) is 2.92. The Kier molecular flexibility index (Phi) is 2.60. The Morgan fingerprint density at radius 1 is 1.20 bits per heavy atom. The lowest BCUT2D eigenvalue weighted by atomic mass is 9.95. The molecule has 20 heavy (non-hydrogen) atoms. The Bertz CT molecular complexity index is 770. The van der Waals surface area contributed by atoms with Crippen LogP contribution in [0.15, 0.2) is 48.9 Å². The summed E-state index contributed by atoms with van der Waals surface area (Å²) in [6.45, 7) is 0. The van der Waals surface area contributed by atoms with Crippen molar-refractivity contribution in [2.24, 2.45) is 0 Å². The van der Waals surface area contributed by atoms with Crippen molar-refractivity contribution in [1.82, 2.24) is 9.55 Å². The molecule has 1 atom stereocenters. The molecule has 1 aliphatic rings. The van der Waals surface area contributed by atoms with E-state index in [9.17, 15) is 5.11 Å². The zero-order valence-electron chi connectivity index (χ0n) is 11.2. The highest BCUT2D eigenvalue weighted by Gasteiger charge is 2.22. The monoisotopic (exact) mass is 264 g/mol. The van der Waals surface area contributed by atoms with E-state index in [0.29, 0.717) is 0 Å². The summed E-state index contributed by atoms with van der Waals surface area (Å²) in [5, 5.41) is 12.4. The minimum atomic E-state index is -0.309. The first-order chi connectivity index (χ1) is 9.84. The Morgan fingerprint density at radius 3 is 3.10 bits per heavy atom. The first-order valence-electron chi connectivity index (χ1n) is 7.06. The maximum absolute atomic E-state index is 10.1. The molecule has 1 aromatic carbocycles. The third-order valence-electron chi connectivity index (χ3n) is 4.19. The summed E-state index contributed by atoms with van der Waals surface area (Å²) in [4.78, 5) is 4.19. The fourth-order valence-electron chi connectivity index (χ4n) is 3.21. The molecular weight excluding hydrogens is 248 g/mol. The quantitative estimate of drug-likeness (QED) is 0.731. The Labute approximate surface area is 117 Å². The topological polar surface area (TPSA) is 38.0 Å². The van der Waals surface area contributed by atoms with Crippen molar-refractivity contribution in [2.75, 3.05) is 0 Å². The summed E-state index contributed by atoms with van der Waals surface area (Å²) in [5.41, 5.74) is 3.50. The molecule has 1 unspecified atom stereocenters. The fraction of sp³-hybridized carbons (Fsp3) is 0.235. The lowest BCUT2D eigenvalue weighted by Crippen LogP contribution is -2.11. The normalized spacial score (nSPS) is 18.1. The second-order valence-electron chi connectivity index (χ2n) is 5.37. The molecule has 0 radical (unpaired) electrons. The van der Waals surface area contributed by atoms with Crippen LogP contribution in [-0.4, -0.2) is 14.7 Å². The first kappa shape index (κ1) is 11.7. The van der Waals surface area contributed by atoms with Gasteiger partial charge < -0.3 is 9.67 Å². The van der Waals surface area contributed by atoms with E-state index in [4.69, 9.17) is 0 Å². The van der Waals surface area contributed by atoms with Crippen LogP contribution in [0.5, 0.6) is 0 Å². The van der Waals surface area contributed by atoms with Gasteiger partial charge >= 0.3 is 0 Å². The molecule has 0 spiro atoms. The van der Waals surface area contributed by atoms with Crippen LogP contribution in [0, 0.1) is 0 Å². The van der Waals surface area contributed by atoms with Crippen molar-refractivity contribution in [2.45, 2.75) is 25.4 Å². The van der Waals surface area contributed by atoms with Gasteiger partial charge in [0.25, 0.3) is 0 Å². The molecule has 1 aliphatic carbocycles. The number of hydrogen-bond donors (Lipinski definition) is 1. The Morgan fingerprint density at radius 2 is 2.15 bits per heavy atom. The van der Waals surface area contributed by atoms with Gasteiger partial charge in [0.15, 0.2) is 0 Å². The number of fused-ring (bicyclic) bond motifs is 2. The molecule has 3 nitrogen and oxygen atoms in total. The summed E-state index contributed by atoms with van der Waals surface area (Å²) in [6.07, 6.45) is 8.44. The molecule has 0 fully saturated rings. The van der Waals surface area contributed by atoms with Crippen LogP contribution in [0.25, 0.3) is 16.5 Å². The molecule has 0 amide bonds. The number of aromatic nitrogens is 2. The van der Waals surface area contributed by atoms with Crippen molar-refractivity contribution < 1.29 is 5.11 Å². The minimum absolute atomic E-state index is 0.309. The van der Waals surface area contributed by atoms with E-state index in [1.54, 1.807) is 0 Å². The molecule has 0 saturated carbocycles. The van der Waals surface area contributed by atoms with Crippen molar-refractivity contribution in [3.8, 4) is 5.69 Å². The average molecular weight is 264 g/mol. The molecule has 2 heterocycles. The molecule has 0 saturated heterocycles. The van der Waals surface area contributed by atoms with Crippen LogP contribution in [0.4, 0.5) is 0 Å². The number of hydrogen-bond acceptors (Lipinski definition) is 2. The van der Waals surface area contributed by atoms with Crippen LogP contribution in [0.3, 0.4) is 0 Å².